The Morgan fingerprint density at radius 3 is 2.09 bits per heavy atom. The molecule has 2 fully saturated rings. The van der Waals surface area contributed by atoms with Crippen LogP contribution in [0.2, 0.25) is 0 Å². The third-order valence-corrected chi connectivity index (χ3v) is 6.73. The van der Waals surface area contributed by atoms with E-state index in [1.807, 2.05) is 27.7 Å². The molecule has 9 heteroatoms. The lowest BCUT2D eigenvalue weighted by atomic mass is 9.84. The molecule has 0 aromatic carbocycles. The highest BCUT2D eigenvalue weighted by Crippen LogP contribution is 2.29. The molecule has 0 aliphatic heterocycles. The SMILES string of the molecule is CCO/C=C/C(=O)NC(=O)N[C@H]1CC[C@H](CN(CC)[C@H]2CC[C@H](NC(=O)OC(C)(C)C)CC2)CC1. The molecule has 2 saturated carbocycles. The van der Waals surface area contributed by atoms with Gasteiger partial charge in [0.2, 0.25) is 0 Å². The first kappa shape index (κ1) is 28.9. The molecule has 2 aliphatic carbocycles. The quantitative estimate of drug-likeness (QED) is 0.329. The summed E-state index contributed by atoms with van der Waals surface area (Å²) in [6.45, 7) is 12.3. The van der Waals surface area contributed by atoms with Crippen molar-refractivity contribution in [1.29, 1.82) is 0 Å². The van der Waals surface area contributed by atoms with Crippen molar-refractivity contribution in [1.82, 2.24) is 20.9 Å². The van der Waals surface area contributed by atoms with Crippen LogP contribution in [0.3, 0.4) is 0 Å². The Morgan fingerprint density at radius 2 is 1.51 bits per heavy atom. The zero-order valence-corrected chi connectivity index (χ0v) is 22.2. The third-order valence-electron chi connectivity index (χ3n) is 6.73. The van der Waals surface area contributed by atoms with E-state index in [9.17, 15) is 14.4 Å². The highest BCUT2D eigenvalue weighted by molar-refractivity contribution is 6.00. The van der Waals surface area contributed by atoms with Gasteiger partial charge in [-0.3, -0.25) is 10.1 Å². The van der Waals surface area contributed by atoms with Crippen molar-refractivity contribution in [3.63, 3.8) is 0 Å². The van der Waals surface area contributed by atoms with Gasteiger partial charge in [-0.05, 0) is 91.5 Å². The lowest BCUT2D eigenvalue weighted by molar-refractivity contribution is -0.115. The van der Waals surface area contributed by atoms with Gasteiger partial charge in [0.25, 0.3) is 5.91 Å². The van der Waals surface area contributed by atoms with E-state index in [4.69, 9.17) is 9.47 Å². The highest BCUT2D eigenvalue weighted by Gasteiger charge is 2.30. The van der Waals surface area contributed by atoms with E-state index < -0.39 is 17.5 Å². The van der Waals surface area contributed by atoms with E-state index in [0.29, 0.717) is 18.6 Å². The fourth-order valence-corrected chi connectivity index (χ4v) is 5.00. The summed E-state index contributed by atoms with van der Waals surface area (Å²) in [4.78, 5) is 38.4. The zero-order valence-electron chi connectivity index (χ0n) is 22.2. The van der Waals surface area contributed by atoms with E-state index >= 15 is 0 Å². The molecule has 3 N–H and O–H groups in total. The minimum absolute atomic E-state index is 0.0966. The summed E-state index contributed by atoms with van der Waals surface area (Å²) in [6.07, 6.45) is 10.3. The second kappa shape index (κ2) is 14.3. The molecular weight excluding hydrogens is 448 g/mol. The molecule has 0 saturated heterocycles. The van der Waals surface area contributed by atoms with E-state index in [0.717, 1.165) is 64.5 Å². The molecule has 0 bridgehead atoms. The van der Waals surface area contributed by atoms with Gasteiger partial charge < -0.3 is 25.0 Å². The van der Waals surface area contributed by atoms with E-state index in [1.54, 1.807) is 0 Å². The molecule has 35 heavy (non-hydrogen) atoms. The Hall–Kier alpha value is -2.29. The van der Waals surface area contributed by atoms with Crippen LogP contribution in [0.15, 0.2) is 12.3 Å². The molecule has 0 aromatic heterocycles. The van der Waals surface area contributed by atoms with E-state index in [2.05, 4.69) is 27.8 Å². The van der Waals surface area contributed by atoms with Crippen molar-refractivity contribution in [2.75, 3.05) is 19.7 Å². The van der Waals surface area contributed by atoms with Gasteiger partial charge in [-0.1, -0.05) is 6.92 Å². The van der Waals surface area contributed by atoms with Crippen LogP contribution in [0, 0.1) is 5.92 Å². The number of urea groups is 1. The highest BCUT2D eigenvalue weighted by atomic mass is 16.6. The van der Waals surface area contributed by atoms with Crippen LogP contribution < -0.4 is 16.0 Å². The van der Waals surface area contributed by atoms with Gasteiger partial charge >= 0.3 is 12.1 Å². The molecule has 0 heterocycles. The number of alkyl carbamates (subject to hydrolysis) is 1. The van der Waals surface area contributed by atoms with E-state index in [1.165, 1.54) is 12.3 Å². The van der Waals surface area contributed by atoms with Crippen LogP contribution in [0.1, 0.15) is 86.0 Å². The number of nitrogens with zero attached hydrogens (tertiary/aromatic N) is 1. The van der Waals surface area contributed by atoms with Crippen molar-refractivity contribution < 1.29 is 23.9 Å². The molecule has 0 spiro atoms. The van der Waals surface area contributed by atoms with Crippen molar-refractivity contribution in [3.05, 3.63) is 12.3 Å². The molecule has 0 unspecified atom stereocenters. The van der Waals surface area contributed by atoms with Crippen LogP contribution >= 0.6 is 0 Å². The Labute approximate surface area is 210 Å². The van der Waals surface area contributed by atoms with Gasteiger partial charge in [0.15, 0.2) is 0 Å². The lowest BCUT2D eigenvalue weighted by Crippen LogP contribution is -2.48. The first-order valence-corrected chi connectivity index (χ1v) is 13.2. The fraction of sp³-hybridized carbons (Fsp3) is 0.808. The summed E-state index contributed by atoms with van der Waals surface area (Å²) in [5.41, 5.74) is -0.475. The summed E-state index contributed by atoms with van der Waals surface area (Å²) in [7, 11) is 0. The maximum Gasteiger partial charge on any atom is 0.407 e. The molecule has 0 atom stereocenters. The maximum atomic E-state index is 12.1. The topological polar surface area (TPSA) is 109 Å². The Morgan fingerprint density at radius 1 is 0.914 bits per heavy atom. The van der Waals surface area contributed by atoms with Crippen LogP contribution in [0.5, 0.6) is 0 Å². The Bertz CT molecular complexity index is 705. The Balaban J connectivity index is 1.68. The van der Waals surface area contributed by atoms with Crippen LogP contribution in [0.25, 0.3) is 0 Å². The van der Waals surface area contributed by atoms with Gasteiger partial charge in [-0.25, -0.2) is 9.59 Å². The van der Waals surface area contributed by atoms with Crippen molar-refractivity contribution in [3.8, 4) is 0 Å². The van der Waals surface area contributed by atoms with Crippen molar-refractivity contribution >= 4 is 18.0 Å². The first-order valence-electron chi connectivity index (χ1n) is 13.2. The molecule has 4 amide bonds. The first-order chi connectivity index (χ1) is 16.6. The van der Waals surface area contributed by atoms with Gasteiger partial charge in [0, 0.05) is 30.7 Å². The number of hydrogen-bond acceptors (Lipinski definition) is 6. The Kier molecular flexibility index (Phi) is 11.8. The van der Waals surface area contributed by atoms with Crippen molar-refractivity contribution in [2.24, 2.45) is 5.92 Å². The minimum atomic E-state index is -0.487. The number of ether oxygens (including phenoxy) is 2. The average molecular weight is 495 g/mol. The van der Waals surface area contributed by atoms with Gasteiger partial charge in [0.1, 0.15) is 5.60 Å². The smallest absolute Gasteiger partial charge is 0.407 e. The number of amides is 4. The fourth-order valence-electron chi connectivity index (χ4n) is 5.00. The molecule has 2 rings (SSSR count). The van der Waals surface area contributed by atoms with Gasteiger partial charge in [-0.15, -0.1) is 0 Å². The number of hydrogen-bond donors (Lipinski definition) is 3. The normalized spacial score (nSPS) is 25.2. The summed E-state index contributed by atoms with van der Waals surface area (Å²) < 4.78 is 10.4. The molecule has 0 radical (unpaired) electrons. The van der Waals surface area contributed by atoms with Gasteiger partial charge in [0.05, 0.1) is 12.9 Å². The number of imide groups is 1. The number of rotatable bonds is 9. The molecule has 9 nitrogen and oxygen atoms in total. The summed E-state index contributed by atoms with van der Waals surface area (Å²) >= 11 is 0. The number of carbonyl (C=O) groups excluding carboxylic acids is 3. The summed E-state index contributed by atoms with van der Waals surface area (Å²) in [5.74, 6) is 0.128. The molecule has 0 aromatic rings. The van der Waals surface area contributed by atoms with Crippen LogP contribution in [-0.4, -0.2) is 66.4 Å². The largest absolute Gasteiger partial charge is 0.501 e. The lowest BCUT2D eigenvalue weighted by Gasteiger charge is -2.39. The van der Waals surface area contributed by atoms with Crippen LogP contribution in [0.4, 0.5) is 9.59 Å². The van der Waals surface area contributed by atoms with Crippen molar-refractivity contribution in [2.45, 2.75) is 110 Å². The predicted molar refractivity (Wildman–Crippen MR) is 136 cm³/mol. The molecule has 200 valence electrons. The third kappa shape index (κ3) is 11.3. The maximum absolute atomic E-state index is 12.1. The monoisotopic (exact) mass is 494 g/mol. The number of nitrogens with one attached hydrogen (secondary N) is 3. The van der Waals surface area contributed by atoms with Crippen LogP contribution in [-0.2, 0) is 14.3 Å². The van der Waals surface area contributed by atoms with E-state index in [-0.39, 0.29) is 18.2 Å². The summed E-state index contributed by atoms with van der Waals surface area (Å²) in [5, 5.41) is 8.26. The molecule has 2 aliphatic rings. The number of carbonyl (C=O) groups is 3. The predicted octanol–water partition coefficient (Wildman–Crippen LogP) is 4.08. The average Bonchev–Trinajstić information content (AvgIpc) is 2.78. The standard InChI is InChI=1S/C26H46N4O5/c1-6-30(22-14-12-21(13-15-22)28-25(33)35-26(3,4)5)18-19-8-10-20(11-9-19)27-24(32)29-23(31)16-17-34-7-2/h16-17,19-22H,6-15,18H2,1-5H3,(H,28,33)(H2,27,29,31,32)/b17-16+/t19-,20-,21-,22-. The summed E-state index contributed by atoms with van der Waals surface area (Å²) in [6, 6.07) is 0.383. The second-order valence-electron chi connectivity index (χ2n) is 10.7. The second-order valence-corrected chi connectivity index (χ2v) is 10.7. The minimum Gasteiger partial charge on any atom is -0.501 e. The molecular formula is C26H46N4O5. The van der Waals surface area contributed by atoms with Gasteiger partial charge in [-0.2, -0.15) is 0 Å². The zero-order chi connectivity index (χ0) is 25.8.